The molecule has 1 aromatic heterocycles. The molecule has 0 unspecified atom stereocenters. The maximum Gasteiger partial charge on any atom is 0.337 e. The van der Waals surface area contributed by atoms with Crippen molar-refractivity contribution in [3.05, 3.63) is 52.9 Å². The van der Waals surface area contributed by atoms with Crippen LogP contribution in [-0.2, 0) is 9.53 Å². The summed E-state index contributed by atoms with van der Waals surface area (Å²) in [5.74, 6) is 1.15. The van der Waals surface area contributed by atoms with Gasteiger partial charge in [0, 0.05) is 11.5 Å². The van der Waals surface area contributed by atoms with Crippen LogP contribution in [0.2, 0.25) is 0 Å². The van der Waals surface area contributed by atoms with Crippen molar-refractivity contribution in [3.63, 3.8) is 0 Å². The normalized spacial score (nSPS) is 19.7. The van der Waals surface area contributed by atoms with Crippen molar-refractivity contribution in [2.45, 2.75) is 5.92 Å². The van der Waals surface area contributed by atoms with E-state index < -0.39 is 0 Å². The molecule has 106 valence electrons. The third-order valence-electron chi connectivity index (χ3n) is 3.89. The largest absolute Gasteiger partial charge is 0.497 e. The van der Waals surface area contributed by atoms with Crippen LogP contribution in [0.15, 0.2) is 41.7 Å². The third kappa shape index (κ3) is 1.72. The molecule has 0 bridgehead atoms. The maximum atomic E-state index is 12.1. The van der Waals surface area contributed by atoms with Crippen LogP contribution in [0, 0.1) is 0 Å². The number of benzene rings is 1. The molecule has 6 nitrogen and oxygen atoms in total. The fourth-order valence-corrected chi connectivity index (χ4v) is 2.88. The van der Waals surface area contributed by atoms with Crippen LogP contribution in [0.5, 0.6) is 5.75 Å². The first-order chi connectivity index (χ1) is 10.3. The zero-order valence-electron chi connectivity index (χ0n) is 11.3. The van der Waals surface area contributed by atoms with E-state index >= 15 is 0 Å². The molecule has 21 heavy (non-hydrogen) atoms. The van der Waals surface area contributed by atoms with E-state index in [9.17, 15) is 4.79 Å². The summed E-state index contributed by atoms with van der Waals surface area (Å²) < 4.78 is 10.3. The van der Waals surface area contributed by atoms with Crippen LogP contribution >= 0.6 is 0 Å². The van der Waals surface area contributed by atoms with Crippen molar-refractivity contribution in [2.75, 3.05) is 19.0 Å². The van der Waals surface area contributed by atoms with Gasteiger partial charge in [-0.25, -0.2) is 4.79 Å². The molecule has 0 saturated carbocycles. The van der Waals surface area contributed by atoms with Gasteiger partial charge in [-0.3, -0.25) is 5.10 Å². The number of carbonyl (C=O) groups is 1. The average Bonchev–Trinajstić information content (AvgIpc) is 3.12. The summed E-state index contributed by atoms with van der Waals surface area (Å²) in [5, 5.41) is 10.2. The standard InChI is InChI=1S/C15H13N3O3/c1-20-9-4-2-8(3-5-9)12-10-6-16-18-14(10)17-11-7-21-15(19)13(11)12/h2-6,12H,7H2,1H3,(H2,16,17,18)/t12-/m0/s1. The van der Waals surface area contributed by atoms with Gasteiger partial charge in [0.1, 0.15) is 18.2 Å². The SMILES string of the molecule is COc1ccc([C@@H]2C3=C(COC3=O)Nc3[nH]ncc32)cc1. The predicted octanol–water partition coefficient (Wildman–Crippen LogP) is 1.79. The summed E-state index contributed by atoms with van der Waals surface area (Å²) in [6.45, 7) is 0.277. The topological polar surface area (TPSA) is 76.2 Å². The Hall–Kier alpha value is -2.76. The Labute approximate surface area is 120 Å². The number of aromatic nitrogens is 2. The number of ether oxygens (including phenoxy) is 2. The number of aromatic amines is 1. The Morgan fingerprint density at radius 1 is 1.33 bits per heavy atom. The summed E-state index contributed by atoms with van der Waals surface area (Å²) in [7, 11) is 1.63. The van der Waals surface area contributed by atoms with Crippen molar-refractivity contribution in [3.8, 4) is 5.75 Å². The van der Waals surface area contributed by atoms with Gasteiger partial charge in [-0.2, -0.15) is 5.10 Å². The Bertz CT molecular complexity index is 746. The minimum absolute atomic E-state index is 0.170. The van der Waals surface area contributed by atoms with Crippen LogP contribution in [0.1, 0.15) is 17.0 Å². The molecule has 4 rings (SSSR count). The lowest BCUT2D eigenvalue weighted by Crippen LogP contribution is -2.19. The van der Waals surface area contributed by atoms with Crippen molar-refractivity contribution < 1.29 is 14.3 Å². The molecule has 0 amide bonds. The molecule has 1 atom stereocenters. The maximum absolute atomic E-state index is 12.1. The fourth-order valence-electron chi connectivity index (χ4n) is 2.88. The number of esters is 1. The summed E-state index contributed by atoms with van der Waals surface area (Å²) in [4.78, 5) is 12.1. The monoisotopic (exact) mass is 283 g/mol. The van der Waals surface area contributed by atoms with E-state index in [2.05, 4.69) is 15.5 Å². The second-order valence-corrected chi connectivity index (χ2v) is 5.00. The molecule has 0 radical (unpaired) electrons. The van der Waals surface area contributed by atoms with Gasteiger partial charge in [0.2, 0.25) is 0 Å². The van der Waals surface area contributed by atoms with E-state index in [1.807, 2.05) is 24.3 Å². The van der Waals surface area contributed by atoms with E-state index in [0.717, 1.165) is 28.4 Å². The number of anilines is 1. The summed E-state index contributed by atoms with van der Waals surface area (Å²) >= 11 is 0. The number of rotatable bonds is 2. The highest BCUT2D eigenvalue weighted by molar-refractivity contribution is 5.96. The first-order valence-corrected chi connectivity index (χ1v) is 6.62. The highest BCUT2D eigenvalue weighted by Gasteiger charge is 2.39. The number of hydrogen-bond acceptors (Lipinski definition) is 5. The number of cyclic esters (lactones) is 1. The van der Waals surface area contributed by atoms with Crippen LogP contribution in [0.25, 0.3) is 0 Å². The van der Waals surface area contributed by atoms with Crippen LogP contribution in [-0.4, -0.2) is 29.9 Å². The van der Waals surface area contributed by atoms with E-state index in [0.29, 0.717) is 5.57 Å². The Balaban J connectivity index is 1.86. The third-order valence-corrected chi connectivity index (χ3v) is 3.89. The molecule has 0 spiro atoms. The van der Waals surface area contributed by atoms with Gasteiger partial charge in [-0.15, -0.1) is 0 Å². The molecule has 1 aromatic carbocycles. The number of fused-ring (bicyclic) bond motifs is 1. The molecule has 2 aliphatic heterocycles. The van der Waals surface area contributed by atoms with Crippen molar-refractivity contribution in [1.29, 1.82) is 0 Å². The second-order valence-electron chi connectivity index (χ2n) is 5.00. The number of methoxy groups -OCH3 is 1. The van der Waals surface area contributed by atoms with Crippen molar-refractivity contribution in [2.24, 2.45) is 0 Å². The predicted molar refractivity (Wildman–Crippen MR) is 75.0 cm³/mol. The Morgan fingerprint density at radius 2 is 2.14 bits per heavy atom. The molecule has 0 saturated heterocycles. The van der Waals surface area contributed by atoms with Gasteiger partial charge in [-0.05, 0) is 17.7 Å². The van der Waals surface area contributed by atoms with Crippen LogP contribution in [0.4, 0.5) is 5.82 Å². The van der Waals surface area contributed by atoms with E-state index in [1.165, 1.54) is 0 Å². The van der Waals surface area contributed by atoms with Gasteiger partial charge >= 0.3 is 5.97 Å². The summed E-state index contributed by atoms with van der Waals surface area (Å²) in [5.41, 5.74) is 3.41. The quantitative estimate of drug-likeness (QED) is 0.822. The smallest absolute Gasteiger partial charge is 0.337 e. The number of H-pyrrole nitrogens is 1. The zero-order chi connectivity index (χ0) is 14.4. The lowest BCUT2D eigenvalue weighted by molar-refractivity contribution is -0.136. The van der Waals surface area contributed by atoms with E-state index in [-0.39, 0.29) is 18.5 Å². The first-order valence-electron chi connectivity index (χ1n) is 6.62. The lowest BCUT2D eigenvalue weighted by Gasteiger charge is -2.23. The molecule has 2 aromatic rings. The van der Waals surface area contributed by atoms with Gasteiger partial charge in [0.05, 0.1) is 24.6 Å². The van der Waals surface area contributed by atoms with Crippen molar-refractivity contribution in [1.82, 2.24) is 10.2 Å². The molecular weight excluding hydrogens is 270 g/mol. The van der Waals surface area contributed by atoms with Gasteiger partial charge < -0.3 is 14.8 Å². The summed E-state index contributed by atoms with van der Waals surface area (Å²) in [6, 6.07) is 7.69. The van der Waals surface area contributed by atoms with Gasteiger partial charge in [-0.1, -0.05) is 12.1 Å². The molecule has 0 fully saturated rings. The Morgan fingerprint density at radius 3 is 2.90 bits per heavy atom. The average molecular weight is 283 g/mol. The Kier molecular flexibility index (Phi) is 2.50. The molecule has 0 aliphatic carbocycles. The highest BCUT2D eigenvalue weighted by Crippen LogP contribution is 2.43. The fraction of sp³-hybridized carbons (Fsp3) is 0.200. The number of carbonyl (C=O) groups excluding carboxylic acids is 1. The lowest BCUT2D eigenvalue weighted by atomic mass is 9.83. The molecule has 2 aliphatic rings. The molecule has 3 heterocycles. The number of nitrogens with zero attached hydrogens (tertiary/aromatic N) is 1. The molecular formula is C15H13N3O3. The molecule has 6 heteroatoms. The second kappa shape index (κ2) is 4.37. The molecule has 2 N–H and O–H groups in total. The number of nitrogens with one attached hydrogen (secondary N) is 2. The van der Waals surface area contributed by atoms with Gasteiger partial charge in [0.15, 0.2) is 0 Å². The van der Waals surface area contributed by atoms with Crippen LogP contribution < -0.4 is 10.1 Å². The van der Waals surface area contributed by atoms with Gasteiger partial charge in [0.25, 0.3) is 0 Å². The zero-order valence-corrected chi connectivity index (χ0v) is 11.3. The number of hydrogen-bond donors (Lipinski definition) is 2. The van der Waals surface area contributed by atoms with E-state index in [4.69, 9.17) is 9.47 Å². The summed E-state index contributed by atoms with van der Waals surface area (Å²) in [6.07, 6.45) is 1.74. The van der Waals surface area contributed by atoms with Crippen molar-refractivity contribution >= 4 is 11.8 Å². The van der Waals surface area contributed by atoms with E-state index in [1.54, 1.807) is 13.3 Å². The first kappa shape index (κ1) is 12.0. The van der Waals surface area contributed by atoms with Crippen LogP contribution in [0.3, 0.4) is 0 Å². The minimum Gasteiger partial charge on any atom is -0.497 e. The minimum atomic E-state index is -0.273. The highest BCUT2D eigenvalue weighted by atomic mass is 16.5.